The van der Waals surface area contributed by atoms with Gasteiger partial charge in [0.25, 0.3) is 0 Å². The minimum Gasteiger partial charge on any atom is -0.486 e. The largest absolute Gasteiger partial charge is 0.486 e. The van der Waals surface area contributed by atoms with Crippen molar-refractivity contribution in [1.29, 1.82) is 0 Å². The van der Waals surface area contributed by atoms with Gasteiger partial charge < -0.3 is 14.7 Å². The quantitative estimate of drug-likeness (QED) is 0.845. The lowest BCUT2D eigenvalue weighted by atomic mass is 10.2. The molecule has 0 aliphatic heterocycles. The standard InChI is InChI=1S/C17H22N2O3S/c1-12-4-6-15(7-5-12)22-10-16-18-14(11-23-16)8-17(21)19(3)13(2)9-20/h4-7,11,13,20H,8-10H2,1-3H3. The first-order chi connectivity index (χ1) is 11.0. The van der Waals surface area contributed by atoms with Crippen LogP contribution < -0.4 is 4.74 Å². The van der Waals surface area contributed by atoms with Crippen LogP contribution in [0.4, 0.5) is 0 Å². The van der Waals surface area contributed by atoms with Crippen molar-refractivity contribution in [2.24, 2.45) is 0 Å². The SMILES string of the molecule is Cc1ccc(OCc2nc(CC(=O)N(C)C(C)CO)cs2)cc1. The van der Waals surface area contributed by atoms with Crippen molar-refractivity contribution in [3.8, 4) is 5.75 Å². The molecule has 1 N–H and O–H groups in total. The predicted octanol–water partition coefficient (Wildman–Crippen LogP) is 2.41. The van der Waals surface area contributed by atoms with Crippen molar-refractivity contribution >= 4 is 17.2 Å². The van der Waals surface area contributed by atoms with Crippen LogP contribution in [0, 0.1) is 6.92 Å². The summed E-state index contributed by atoms with van der Waals surface area (Å²) < 4.78 is 5.69. The molecular weight excluding hydrogens is 312 g/mol. The highest BCUT2D eigenvalue weighted by molar-refractivity contribution is 7.09. The van der Waals surface area contributed by atoms with E-state index in [9.17, 15) is 4.79 Å². The first-order valence-electron chi connectivity index (χ1n) is 7.49. The Morgan fingerprint density at radius 2 is 2.09 bits per heavy atom. The number of hydrogen-bond acceptors (Lipinski definition) is 5. The molecule has 23 heavy (non-hydrogen) atoms. The maximum atomic E-state index is 12.1. The topological polar surface area (TPSA) is 62.7 Å². The predicted molar refractivity (Wildman–Crippen MR) is 90.6 cm³/mol. The lowest BCUT2D eigenvalue weighted by Crippen LogP contribution is -2.38. The van der Waals surface area contributed by atoms with E-state index in [1.54, 1.807) is 18.9 Å². The second-order valence-corrected chi connectivity index (χ2v) is 6.49. The number of carbonyl (C=O) groups is 1. The number of carbonyl (C=O) groups excluding carboxylic acids is 1. The smallest absolute Gasteiger partial charge is 0.228 e. The lowest BCUT2D eigenvalue weighted by molar-refractivity contribution is -0.131. The van der Waals surface area contributed by atoms with Gasteiger partial charge in [-0.2, -0.15) is 0 Å². The van der Waals surface area contributed by atoms with Crippen LogP contribution in [0.1, 0.15) is 23.2 Å². The number of benzene rings is 1. The summed E-state index contributed by atoms with van der Waals surface area (Å²) in [4.78, 5) is 18.1. The van der Waals surface area contributed by atoms with Gasteiger partial charge in [-0.15, -0.1) is 11.3 Å². The first-order valence-corrected chi connectivity index (χ1v) is 8.37. The summed E-state index contributed by atoms with van der Waals surface area (Å²) in [6.07, 6.45) is 0.238. The average molecular weight is 334 g/mol. The molecule has 1 atom stereocenters. The van der Waals surface area contributed by atoms with Crippen molar-refractivity contribution < 1.29 is 14.6 Å². The van der Waals surface area contributed by atoms with Gasteiger partial charge >= 0.3 is 0 Å². The summed E-state index contributed by atoms with van der Waals surface area (Å²) in [5, 5.41) is 11.8. The molecule has 1 heterocycles. The van der Waals surface area contributed by atoms with E-state index in [0.29, 0.717) is 6.61 Å². The highest BCUT2D eigenvalue weighted by atomic mass is 32.1. The van der Waals surface area contributed by atoms with Gasteiger partial charge in [0.1, 0.15) is 17.4 Å². The number of likely N-dealkylation sites (N-methyl/N-ethyl adjacent to an activating group) is 1. The number of nitrogens with zero attached hydrogens (tertiary/aromatic N) is 2. The van der Waals surface area contributed by atoms with Crippen molar-refractivity contribution in [2.45, 2.75) is 32.9 Å². The Balaban J connectivity index is 1.88. The van der Waals surface area contributed by atoms with Crippen LogP contribution in [0.15, 0.2) is 29.6 Å². The van der Waals surface area contributed by atoms with E-state index < -0.39 is 0 Å². The molecule has 2 rings (SSSR count). The Morgan fingerprint density at radius 1 is 1.39 bits per heavy atom. The fourth-order valence-corrected chi connectivity index (χ4v) is 2.63. The molecule has 2 aromatic rings. The van der Waals surface area contributed by atoms with E-state index in [1.165, 1.54) is 16.9 Å². The molecule has 1 unspecified atom stereocenters. The third-order valence-corrected chi connectivity index (χ3v) is 4.50. The lowest BCUT2D eigenvalue weighted by Gasteiger charge is -2.22. The van der Waals surface area contributed by atoms with Crippen molar-refractivity contribution in [2.75, 3.05) is 13.7 Å². The second kappa shape index (κ2) is 8.08. The first kappa shape index (κ1) is 17.4. The molecule has 0 saturated carbocycles. The Bertz CT molecular complexity index is 640. The molecular formula is C17H22N2O3S. The molecule has 0 fully saturated rings. The minimum atomic E-state index is -0.189. The zero-order valence-corrected chi connectivity index (χ0v) is 14.5. The normalized spacial score (nSPS) is 12.0. The van der Waals surface area contributed by atoms with Crippen LogP contribution in [-0.2, 0) is 17.8 Å². The van der Waals surface area contributed by atoms with E-state index in [0.717, 1.165) is 16.5 Å². The van der Waals surface area contributed by atoms with Crippen LogP contribution in [0.25, 0.3) is 0 Å². The van der Waals surface area contributed by atoms with Crippen LogP contribution in [0.2, 0.25) is 0 Å². The molecule has 0 aliphatic rings. The highest BCUT2D eigenvalue weighted by Gasteiger charge is 2.16. The van der Waals surface area contributed by atoms with Gasteiger partial charge in [-0.3, -0.25) is 4.79 Å². The van der Waals surface area contributed by atoms with Crippen LogP contribution in [0.3, 0.4) is 0 Å². The average Bonchev–Trinajstić information content (AvgIpc) is 3.00. The minimum absolute atomic E-state index is 0.0467. The van der Waals surface area contributed by atoms with Crippen molar-refractivity contribution in [3.05, 3.63) is 45.9 Å². The number of aliphatic hydroxyl groups is 1. The zero-order chi connectivity index (χ0) is 16.8. The van der Waals surface area contributed by atoms with Gasteiger partial charge in [-0.05, 0) is 26.0 Å². The maximum absolute atomic E-state index is 12.1. The molecule has 1 aromatic heterocycles. The summed E-state index contributed by atoms with van der Waals surface area (Å²) in [5.74, 6) is 0.753. The van der Waals surface area contributed by atoms with Crippen molar-refractivity contribution in [1.82, 2.24) is 9.88 Å². The van der Waals surface area contributed by atoms with E-state index in [4.69, 9.17) is 9.84 Å². The van der Waals surface area contributed by atoms with E-state index in [2.05, 4.69) is 4.98 Å². The molecule has 0 spiro atoms. The van der Waals surface area contributed by atoms with Crippen LogP contribution in [0.5, 0.6) is 5.75 Å². The number of thiazole rings is 1. The van der Waals surface area contributed by atoms with Crippen LogP contribution >= 0.6 is 11.3 Å². The molecule has 1 amide bonds. The monoisotopic (exact) mass is 334 g/mol. The molecule has 6 heteroatoms. The van der Waals surface area contributed by atoms with Gasteiger partial charge in [0, 0.05) is 12.4 Å². The zero-order valence-electron chi connectivity index (χ0n) is 13.7. The number of amides is 1. The van der Waals surface area contributed by atoms with E-state index in [1.807, 2.05) is 36.6 Å². The number of aryl methyl sites for hydroxylation is 1. The number of aromatic nitrogens is 1. The molecule has 0 saturated heterocycles. The second-order valence-electron chi connectivity index (χ2n) is 5.55. The maximum Gasteiger partial charge on any atom is 0.228 e. The molecule has 1 aromatic carbocycles. The fourth-order valence-electron chi connectivity index (χ4n) is 1.92. The van der Waals surface area contributed by atoms with E-state index >= 15 is 0 Å². The van der Waals surface area contributed by atoms with Gasteiger partial charge in [0.2, 0.25) is 5.91 Å². The van der Waals surface area contributed by atoms with Crippen molar-refractivity contribution in [3.63, 3.8) is 0 Å². The fraction of sp³-hybridized carbons (Fsp3) is 0.412. The molecule has 124 valence electrons. The number of ether oxygens (including phenoxy) is 1. The molecule has 0 radical (unpaired) electrons. The molecule has 0 bridgehead atoms. The summed E-state index contributed by atoms with van der Waals surface area (Å²) in [6, 6.07) is 7.67. The molecule has 5 nitrogen and oxygen atoms in total. The summed E-state index contributed by atoms with van der Waals surface area (Å²) in [7, 11) is 1.69. The Morgan fingerprint density at radius 3 is 2.74 bits per heavy atom. The highest BCUT2D eigenvalue weighted by Crippen LogP contribution is 2.16. The number of rotatable bonds is 7. The third-order valence-electron chi connectivity index (χ3n) is 3.63. The summed E-state index contributed by atoms with van der Waals surface area (Å²) >= 11 is 1.48. The number of hydrogen-bond donors (Lipinski definition) is 1. The van der Waals surface area contributed by atoms with Gasteiger partial charge in [0.15, 0.2) is 0 Å². The van der Waals surface area contributed by atoms with Gasteiger partial charge in [-0.25, -0.2) is 4.98 Å². The van der Waals surface area contributed by atoms with E-state index in [-0.39, 0.29) is 25.0 Å². The molecule has 0 aliphatic carbocycles. The Kier molecular flexibility index (Phi) is 6.12. The van der Waals surface area contributed by atoms with Gasteiger partial charge in [0.05, 0.1) is 24.8 Å². The third kappa shape index (κ3) is 5.04. The Labute approximate surface area is 140 Å². The van der Waals surface area contributed by atoms with Crippen LogP contribution in [-0.4, -0.2) is 40.6 Å². The Hall–Kier alpha value is -1.92. The van der Waals surface area contributed by atoms with Gasteiger partial charge in [-0.1, -0.05) is 17.7 Å². The number of aliphatic hydroxyl groups excluding tert-OH is 1. The summed E-state index contributed by atoms with van der Waals surface area (Å²) in [5.41, 5.74) is 1.92. The summed E-state index contributed by atoms with van der Waals surface area (Å²) in [6.45, 7) is 4.18.